The Balaban J connectivity index is 1.63. The lowest BCUT2D eigenvalue weighted by Gasteiger charge is -2.24. The number of pyridine rings is 1. The lowest BCUT2D eigenvalue weighted by atomic mass is 10.0. The molecule has 0 amide bonds. The number of hydrogen-bond donors (Lipinski definition) is 4. The molecule has 1 unspecified atom stereocenters. The van der Waals surface area contributed by atoms with E-state index >= 15 is 0 Å². The first kappa shape index (κ1) is 26.2. The summed E-state index contributed by atoms with van der Waals surface area (Å²) in [6.45, 7) is 6.36. The number of nitrogens with zero attached hydrogens (tertiary/aromatic N) is 4. The van der Waals surface area contributed by atoms with Gasteiger partial charge in [-0.2, -0.15) is 10.5 Å². The van der Waals surface area contributed by atoms with Gasteiger partial charge in [-0.1, -0.05) is 67.1 Å². The summed E-state index contributed by atoms with van der Waals surface area (Å²) in [4.78, 5) is 4.49. The average molecular weight is 562 g/mol. The zero-order valence-electron chi connectivity index (χ0n) is 23.4. The molecule has 41 heavy (non-hydrogen) atoms. The van der Waals surface area contributed by atoms with E-state index in [9.17, 15) is 11.9 Å². The highest BCUT2D eigenvalue weighted by Crippen LogP contribution is 2.37. The van der Waals surface area contributed by atoms with Crippen LogP contribution in [0.4, 0.5) is 11.4 Å². The van der Waals surface area contributed by atoms with Gasteiger partial charge in [0, 0.05) is 23.5 Å². The minimum absolute atomic E-state index is 0.0574. The van der Waals surface area contributed by atoms with E-state index in [0.29, 0.717) is 56.2 Å². The van der Waals surface area contributed by atoms with Crippen LogP contribution >= 0.6 is 11.6 Å². The average Bonchev–Trinajstić information content (AvgIpc) is 3.50. The van der Waals surface area contributed by atoms with Gasteiger partial charge in [0.05, 0.1) is 59.1 Å². The summed E-state index contributed by atoms with van der Waals surface area (Å²) >= 11 is 6.78. The summed E-state index contributed by atoms with van der Waals surface area (Å²) in [7, 11) is 0. The van der Waals surface area contributed by atoms with Crippen LogP contribution < -0.4 is 21.6 Å². The molecule has 1 aliphatic heterocycles. The predicted octanol–water partition coefficient (Wildman–Crippen LogP) is 6.70. The van der Waals surface area contributed by atoms with E-state index < -0.39 is 6.02 Å². The lowest BCUT2D eigenvalue weighted by molar-refractivity contribution is 0.297. The number of fused-ring (bicyclic) bond motifs is 1. The van der Waals surface area contributed by atoms with Crippen LogP contribution in [0.2, 0.25) is 5.02 Å². The highest BCUT2D eigenvalue weighted by molar-refractivity contribution is 6.35. The normalized spacial score (nSPS) is 15.0. The molecule has 2 heterocycles. The number of hydrogen-bond acceptors (Lipinski definition) is 8. The fourth-order valence-corrected chi connectivity index (χ4v) is 5.02. The summed E-state index contributed by atoms with van der Waals surface area (Å²) in [5.74, 6) is 0. The highest BCUT2D eigenvalue weighted by atomic mass is 35.5. The molecule has 0 saturated carbocycles. The van der Waals surface area contributed by atoms with E-state index in [2.05, 4.69) is 52.2 Å². The van der Waals surface area contributed by atoms with Crippen molar-refractivity contribution in [2.24, 2.45) is 0 Å². The molecule has 3 aromatic carbocycles. The number of aromatic nitrogens is 1. The van der Waals surface area contributed by atoms with E-state index in [0.717, 1.165) is 12.0 Å². The van der Waals surface area contributed by atoms with Crippen molar-refractivity contribution in [2.75, 3.05) is 17.2 Å². The Morgan fingerprint density at radius 1 is 1.10 bits per heavy atom. The molecular formula is C32H29ClN8. The van der Waals surface area contributed by atoms with Crippen molar-refractivity contribution in [1.29, 1.82) is 10.5 Å². The van der Waals surface area contributed by atoms with Crippen LogP contribution in [-0.2, 0) is 0 Å². The molecule has 0 aliphatic carbocycles. The second kappa shape index (κ2) is 12.4. The van der Waals surface area contributed by atoms with Crippen LogP contribution in [0, 0.1) is 22.7 Å². The standard InChI is InChI=1S/C32H29ClN8/c1-3-13-41-20-29(39-40-41)31(23-12-8-9-21(14-23)17-34)37-25-15-26-30(24(18-35)19-36-32(26)27(33)16-25)38-28(4-2)22-10-6-5-7-11-22/h3,5-12,14-16,19-20,28,31,37,39-40H,1,4,13H2,2H3,(H,36,38)/t28-,31?/m1/s1/i31D. The van der Waals surface area contributed by atoms with E-state index in [-0.39, 0.29) is 6.04 Å². The lowest BCUT2D eigenvalue weighted by Crippen LogP contribution is -2.37. The molecule has 1 aliphatic rings. The fraction of sp³-hybridized carbons (Fsp3) is 0.156. The first-order chi connectivity index (χ1) is 20.4. The van der Waals surface area contributed by atoms with Gasteiger partial charge < -0.3 is 16.1 Å². The van der Waals surface area contributed by atoms with Crippen molar-refractivity contribution in [3.63, 3.8) is 0 Å². The minimum atomic E-state index is -1.56. The number of halogens is 1. The fourth-order valence-electron chi connectivity index (χ4n) is 4.75. The first-order valence-electron chi connectivity index (χ1n) is 13.6. The summed E-state index contributed by atoms with van der Waals surface area (Å²) in [6, 6.07) is 23.3. The van der Waals surface area contributed by atoms with Gasteiger partial charge in [-0.15, -0.1) is 12.1 Å². The smallest absolute Gasteiger partial charge is 0.103 e. The molecule has 1 aromatic heterocycles. The van der Waals surface area contributed by atoms with Crippen molar-refractivity contribution >= 4 is 33.9 Å². The zero-order chi connectivity index (χ0) is 29.7. The number of hydrazine groups is 2. The van der Waals surface area contributed by atoms with Crippen molar-refractivity contribution in [3.05, 3.63) is 125 Å². The number of benzene rings is 3. The van der Waals surface area contributed by atoms with Crippen LogP contribution in [0.25, 0.3) is 10.9 Å². The third kappa shape index (κ3) is 5.95. The Morgan fingerprint density at radius 3 is 2.63 bits per heavy atom. The molecule has 4 aromatic rings. The molecule has 0 saturated heterocycles. The Hall–Kier alpha value is -5.02. The van der Waals surface area contributed by atoms with E-state index in [4.69, 9.17) is 11.6 Å². The molecule has 8 nitrogen and oxygen atoms in total. The maximum atomic E-state index is 10.00. The van der Waals surface area contributed by atoms with Gasteiger partial charge in [0.2, 0.25) is 0 Å². The summed E-state index contributed by atoms with van der Waals surface area (Å²) in [6.07, 6.45) is 5.82. The van der Waals surface area contributed by atoms with Gasteiger partial charge in [0.1, 0.15) is 6.07 Å². The Morgan fingerprint density at radius 2 is 1.90 bits per heavy atom. The summed E-state index contributed by atoms with van der Waals surface area (Å²) < 4.78 is 9.69. The van der Waals surface area contributed by atoms with Crippen LogP contribution in [0.5, 0.6) is 0 Å². The summed E-state index contributed by atoms with van der Waals surface area (Å²) in [5, 5.41) is 29.2. The number of nitriles is 2. The second-order valence-corrected chi connectivity index (χ2v) is 9.85. The molecule has 0 fully saturated rings. The zero-order valence-corrected chi connectivity index (χ0v) is 23.2. The van der Waals surface area contributed by atoms with E-state index in [1.54, 1.807) is 47.6 Å². The topological polar surface area (TPSA) is 112 Å². The molecular weight excluding hydrogens is 532 g/mol. The predicted molar refractivity (Wildman–Crippen MR) is 163 cm³/mol. The van der Waals surface area contributed by atoms with Crippen molar-refractivity contribution in [3.8, 4) is 12.1 Å². The molecule has 4 N–H and O–H groups in total. The highest BCUT2D eigenvalue weighted by Gasteiger charge is 2.24. The first-order valence-corrected chi connectivity index (χ1v) is 13.5. The van der Waals surface area contributed by atoms with Gasteiger partial charge in [-0.3, -0.25) is 9.99 Å². The van der Waals surface area contributed by atoms with Crippen LogP contribution in [0.3, 0.4) is 0 Å². The van der Waals surface area contributed by atoms with Crippen molar-refractivity contribution in [2.45, 2.75) is 25.4 Å². The monoisotopic (exact) mass is 561 g/mol. The van der Waals surface area contributed by atoms with Crippen molar-refractivity contribution in [1.82, 2.24) is 21.0 Å². The van der Waals surface area contributed by atoms with E-state index in [1.807, 2.05) is 36.4 Å². The second-order valence-electron chi connectivity index (χ2n) is 9.44. The third-order valence-corrected chi connectivity index (χ3v) is 7.03. The van der Waals surface area contributed by atoms with Gasteiger partial charge in [-0.25, -0.2) is 0 Å². The Bertz CT molecular complexity index is 1740. The molecule has 2 atom stereocenters. The number of rotatable bonds is 10. The molecule has 9 heteroatoms. The third-order valence-electron chi connectivity index (χ3n) is 6.74. The largest absolute Gasteiger partial charge is 0.377 e. The molecule has 0 spiro atoms. The minimum Gasteiger partial charge on any atom is -0.377 e. The molecule has 5 rings (SSSR count). The van der Waals surface area contributed by atoms with Gasteiger partial charge in [-0.05, 0) is 41.8 Å². The van der Waals surface area contributed by atoms with Crippen LogP contribution in [0.15, 0.2) is 97.5 Å². The molecule has 204 valence electrons. The maximum Gasteiger partial charge on any atom is 0.103 e. The number of nitrogens with one attached hydrogen (secondary N) is 4. The Kier molecular flexibility index (Phi) is 7.95. The van der Waals surface area contributed by atoms with Gasteiger partial charge in [0.15, 0.2) is 0 Å². The van der Waals surface area contributed by atoms with Crippen LogP contribution in [0.1, 0.15) is 49.0 Å². The number of anilines is 2. The van der Waals surface area contributed by atoms with Gasteiger partial charge in [0.25, 0.3) is 0 Å². The quantitative estimate of drug-likeness (QED) is 0.158. The SMILES string of the molecule is [2H]C(Nc1cc(Cl)c2ncc(C#N)c(N[C@H](CC)c3ccccc3)c2c1)(C1=CN(CC=C)NN1)c1cccc(C#N)c1. The molecule has 0 radical (unpaired) electrons. The van der Waals surface area contributed by atoms with Crippen LogP contribution in [-0.4, -0.2) is 16.5 Å². The summed E-state index contributed by atoms with van der Waals surface area (Å²) in [5.41, 5.74) is 10.7. The Labute approximate surface area is 245 Å². The van der Waals surface area contributed by atoms with Gasteiger partial charge >= 0.3 is 0 Å². The molecule has 0 bridgehead atoms. The van der Waals surface area contributed by atoms with Crippen molar-refractivity contribution < 1.29 is 1.37 Å². The van der Waals surface area contributed by atoms with E-state index in [1.165, 1.54) is 6.20 Å². The maximum absolute atomic E-state index is 10.00.